The van der Waals surface area contributed by atoms with Gasteiger partial charge in [-0.25, -0.2) is 15.8 Å². The van der Waals surface area contributed by atoms with Crippen molar-refractivity contribution in [3.05, 3.63) is 40.5 Å². The Morgan fingerprint density at radius 3 is 2.72 bits per heavy atom. The van der Waals surface area contributed by atoms with Gasteiger partial charge in [-0.1, -0.05) is 0 Å². The van der Waals surface area contributed by atoms with Crippen LogP contribution in [0.5, 0.6) is 0 Å². The molecule has 25 heavy (non-hydrogen) atoms. The fourth-order valence-corrected chi connectivity index (χ4v) is 4.32. The van der Waals surface area contributed by atoms with Crippen LogP contribution in [-0.2, 0) is 4.79 Å². The fraction of sp³-hybridized carbons (Fsp3) is 0.471. The zero-order chi connectivity index (χ0) is 17.2. The highest BCUT2D eigenvalue weighted by Gasteiger charge is 2.34. The molecule has 0 bridgehead atoms. The van der Waals surface area contributed by atoms with Crippen LogP contribution in [0.25, 0.3) is 0 Å². The van der Waals surface area contributed by atoms with Gasteiger partial charge in [0.15, 0.2) is 0 Å². The summed E-state index contributed by atoms with van der Waals surface area (Å²) in [4.78, 5) is 28.0. The molecule has 1 amide bonds. The topological polar surface area (TPSA) is 73.4 Å². The van der Waals surface area contributed by atoms with E-state index in [2.05, 4.69) is 44.8 Å². The van der Waals surface area contributed by atoms with Gasteiger partial charge in [0.05, 0.1) is 12.2 Å². The highest BCUT2D eigenvalue weighted by atomic mass is 32.1. The molecule has 2 aromatic heterocycles. The Morgan fingerprint density at radius 2 is 2.04 bits per heavy atom. The summed E-state index contributed by atoms with van der Waals surface area (Å²) in [6.07, 6.45) is 5.94. The number of aromatic nitrogens is 2. The molecular formula is C17H22N6OS. The van der Waals surface area contributed by atoms with E-state index in [0.717, 1.165) is 38.4 Å². The minimum Gasteiger partial charge on any atom is -0.352 e. The second-order valence-electron chi connectivity index (χ2n) is 6.45. The first-order valence-corrected chi connectivity index (χ1v) is 9.39. The Balaban J connectivity index is 1.32. The summed E-state index contributed by atoms with van der Waals surface area (Å²) < 4.78 is 0. The van der Waals surface area contributed by atoms with Gasteiger partial charge in [-0.3, -0.25) is 9.78 Å². The Bertz CT molecular complexity index is 728. The summed E-state index contributed by atoms with van der Waals surface area (Å²) in [5.74, 6) is 1.06. The number of hydrazine groups is 1. The Kier molecular flexibility index (Phi) is 4.65. The molecule has 0 saturated carbocycles. The van der Waals surface area contributed by atoms with Crippen molar-refractivity contribution in [3.63, 3.8) is 0 Å². The van der Waals surface area contributed by atoms with Crippen molar-refractivity contribution < 1.29 is 4.79 Å². The number of hydrogen-bond donors (Lipinski definition) is 2. The van der Waals surface area contributed by atoms with Gasteiger partial charge in [-0.05, 0) is 25.5 Å². The van der Waals surface area contributed by atoms with Crippen molar-refractivity contribution >= 4 is 23.1 Å². The predicted octanol–water partition coefficient (Wildman–Crippen LogP) is 1.10. The molecule has 132 valence electrons. The number of nitrogens with zero attached hydrogens (tertiary/aromatic N) is 4. The molecule has 4 heterocycles. The van der Waals surface area contributed by atoms with E-state index in [0.29, 0.717) is 0 Å². The third-order valence-electron chi connectivity index (χ3n) is 4.77. The summed E-state index contributed by atoms with van der Waals surface area (Å²) in [5.41, 5.74) is 6.46. The molecule has 2 fully saturated rings. The van der Waals surface area contributed by atoms with Gasteiger partial charge in [0.25, 0.3) is 0 Å². The number of rotatable bonds is 3. The third-order valence-corrected chi connectivity index (χ3v) is 5.89. The first-order valence-electron chi connectivity index (χ1n) is 8.58. The van der Waals surface area contributed by atoms with Crippen molar-refractivity contribution in [2.24, 2.45) is 0 Å². The zero-order valence-corrected chi connectivity index (χ0v) is 15.0. The lowest BCUT2D eigenvalue weighted by molar-refractivity contribution is -0.133. The van der Waals surface area contributed by atoms with Crippen molar-refractivity contribution in [1.82, 2.24) is 25.7 Å². The van der Waals surface area contributed by atoms with E-state index in [4.69, 9.17) is 0 Å². The molecule has 2 aromatic rings. The van der Waals surface area contributed by atoms with Gasteiger partial charge >= 0.3 is 0 Å². The van der Waals surface area contributed by atoms with Crippen LogP contribution in [0.1, 0.15) is 22.2 Å². The van der Waals surface area contributed by atoms with E-state index in [-0.39, 0.29) is 18.0 Å². The highest BCUT2D eigenvalue weighted by Crippen LogP contribution is 2.29. The molecule has 7 nitrogen and oxygen atoms in total. The van der Waals surface area contributed by atoms with E-state index >= 15 is 0 Å². The molecule has 4 rings (SSSR count). The minimum absolute atomic E-state index is 0.157. The number of hydrogen-bond acceptors (Lipinski definition) is 7. The molecular weight excluding hydrogens is 336 g/mol. The number of piperazine rings is 1. The summed E-state index contributed by atoms with van der Waals surface area (Å²) in [6, 6.07) is 4.33. The van der Waals surface area contributed by atoms with Crippen LogP contribution >= 0.6 is 11.3 Å². The average Bonchev–Trinajstić information content (AvgIpc) is 3.31. The van der Waals surface area contributed by atoms with Gasteiger partial charge in [0, 0.05) is 48.3 Å². The zero-order valence-electron chi connectivity index (χ0n) is 14.2. The maximum Gasteiger partial charge on any atom is 0.241 e. The van der Waals surface area contributed by atoms with Gasteiger partial charge in [-0.15, -0.1) is 11.3 Å². The summed E-state index contributed by atoms with van der Waals surface area (Å²) in [7, 11) is 0. The fourth-order valence-electron chi connectivity index (χ4n) is 3.38. The Hall–Kier alpha value is -2.03. The van der Waals surface area contributed by atoms with Crippen LogP contribution in [0.2, 0.25) is 0 Å². The predicted molar refractivity (Wildman–Crippen MR) is 97.3 cm³/mol. The van der Waals surface area contributed by atoms with Gasteiger partial charge in [0.1, 0.15) is 11.9 Å². The number of amides is 1. The van der Waals surface area contributed by atoms with Crippen LogP contribution in [0.15, 0.2) is 30.7 Å². The van der Waals surface area contributed by atoms with E-state index in [9.17, 15) is 4.79 Å². The summed E-state index contributed by atoms with van der Waals surface area (Å²) >= 11 is 1.79. The molecule has 2 aliphatic rings. The normalized spacial score (nSPS) is 23.9. The smallest absolute Gasteiger partial charge is 0.241 e. The quantitative estimate of drug-likeness (QED) is 0.856. The van der Waals surface area contributed by atoms with Gasteiger partial charge in [0.2, 0.25) is 5.91 Å². The number of carbonyl (C=O) groups is 1. The van der Waals surface area contributed by atoms with E-state index in [1.165, 1.54) is 9.75 Å². The number of carbonyl (C=O) groups excluding carboxylic acids is 1. The standard InChI is InChI=1S/C17H22N6OS/c1-12-2-3-15(25-12)13-10-14(21-20-13)17(24)23-8-6-22(7-9-23)16-11-18-4-5-19-16/h2-5,11,13-14,20-21H,6-10H2,1H3. The van der Waals surface area contributed by atoms with E-state index < -0.39 is 0 Å². The molecule has 0 aromatic carbocycles. The molecule has 8 heteroatoms. The molecule has 2 N–H and O–H groups in total. The highest BCUT2D eigenvalue weighted by molar-refractivity contribution is 7.12. The molecule has 0 radical (unpaired) electrons. The second-order valence-corrected chi connectivity index (χ2v) is 7.77. The van der Waals surface area contributed by atoms with Crippen molar-refractivity contribution in [1.29, 1.82) is 0 Å². The molecule has 2 atom stereocenters. The first-order chi connectivity index (χ1) is 12.2. The van der Waals surface area contributed by atoms with E-state index in [1.54, 1.807) is 29.9 Å². The number of thiophene rings is 1. The number of anilines is 1. The Morgan fingerprint density at radius 1 is 1.20 bits per heavy atom. The second kappa shape index (κ2) is 7.07. The third kappa shape index (κ3) is 3.51. The van der Waals surface area contributed by atoms with Crippen LogP contribution in [0.3, 0.4) is 0 Å². The van der Waals surface area contributed by atoms with Crippen molar-refractivity contribution in [3.8, 4) is 0 Å². The van der Waals surface area contributed by atoms with Gasteiger partial charge in [-0.2, -0.15) is 0 Å². The van der Waals surface area contributed by atoms with Crippen molar-refractivity contribution in [2.45, 2.75) is 25.4 Å². The number of aryl methyl sites for hydroxylation is 1. The number of nitrogens with one attached hydrogen (secondary N) is 2. The molecule has 0 spiro atoms. The molecule has 2 saturated heterocycles. The molecule has 2 aliphatic heterocycles. The lowest BCUT2D eigenvalue weighted by Gasteiger charge is -2.36. The molecule has 0 aliphatic carbocycles. The SMILES string of the molecule is Cc1ccc(C2CC(C(=O)N3CCN(c4cnccn4)CC3)NN2)s1. The monoisotopic (exact) mass is 358 g/mol. The summed E-state index contributed by atoms with van der Waals surface area (Å²) in [6.45, 7) is 5.12. The largest absolute Gasteiger partial charge is 0.352 e. The average molecular weight is 358 g/mol. The maximum atomic E-state index is 12.8. The van der Waals surface area contributed by atoms with Crippen LogP contribution < -0.4 is 15.8 Å². The lowest BCUT2D eigenvalue weighted by Crippen LogP contribution is -2.53. The van der Waals surface area contributed by atoms with Crippen molar-refractivity contribution in [2.75, 3.05) is 31.1 Å². The van der Waals surface area contributed by atoms with Gasteiger partial charge < -0.3 is 9.80 Å². The minimum atomic E-state index is -0.157. The first kappa shape index (κ1) is 16.4. The lowest BCUT2D eigenvalue weighted by atomic mass is 10.1. The summed E-state index contributed by atoms with van der Waals surface area (Å²) in [5, 5.41) is 0. The Labute approximate surface area is 151 Å². The maximum absolute atomic E-state index is 12.8. The van der Waals surface area contributed by atoms with Crippen LogP contribution in [-0.4, -0.2) is 53.0 Å². The molecule has 2 unspecified atom stereocenters. The van der Waals surface area contributed by atoms with Crippen LogP contribution in [0.4, 0.5) is 5.82 Å². The van der Waals surface area contributed by atoms with E-state index in [1.807, 2.05) is 4.90 Å². The van der Waals surface area contributed by atoms with Crippen LogP contribution in [0, 0.1) is 6.92 Å².